The Labute approximate surface area is 141 Å². The molecule has 1 aromatic rings. The van der Waals surface area contributed by atoms with Crippen molar-refractivity contribution in [3.63, 3.8) is 0 Å². The summed E-state index contributed by atoms with van der Waals surface area (Å²) in [5.74, 6) is -0.141. The molecule has 0 unspecified atom stereocenters. The number of hydrogen-bond donors (Lipinski definition) is 1. The molecule has 24 heavy (non-hydrogen) atoms. The van der Waals surface area contributed by atoms with E-state index in [1.807, 2.05) is 13.8 Å². The van der Waals surface area contributed by atoms with Gasteiger partial charge in [0.25, 0.3) is 5.91 Å². The lowest BCUT2D eigenvalue weighted by molar-refractivity contribution is -0.156. The van der Waals surface area contributed by atoms with E-state index in [1.165, 1.54) is 6.26 Å². The molecule has 0 aliphatic carbocycles. The zero-order chi connectivity index (χ0) is 17.5. The van der Waals surface area contributed by atoms with Crippen molar-refractivity contribution >= 4 is 11.8 Å². The van der Waals surface area contributed by atoms with E-state index in [1.54, 1.807) is 22.8 Å². The zero-order valence-corrected chi connectivity index (χ0v) is 14.5. The van der Waals surface area contributed by atoms with Crippen LogP contribution in [0, 0.1) is 5.41 Å². The van der Waals surface area contributed by atoms with Crippen molar-refractivity contribution in [2.24, 2.45) is 5.41 Å². The van der Waals surface area contributed by atoms with Crippen LogP contribution in [-0.4, -0.2) is 63.2 Å². The van der Waals surface area contributed by atoms with Crippen LogP contribution in [0.15, 0.2) is 16.9 Å². The Hall–Kier alpha value is -1.89. The lowest BCUT2D eigenvalue weighted by Gasteiger charge is -2.55. The highest BCUT2D eigenvalue weighted by atomic mass is 16.5. The summed E-state index contributed by atoms with van der Waals surface area (Å²) >= 11 is 0. The maximum Gasteiger partial charge on any atom is 0.276 e. The fourth-order valence-electron chi connectivity index (χ4n) is 3.99. The maximum atomic E-state index is 12.4. The molecule has 1 N–H and O–H groups in total. The number of amides is 2. The van der Waals surface area contributed by atoms with Crippen LogP contribution in [0.5, 0.6) is 0 Å². The first-order valence-corrected chi connectivity index (χ1v) is 8.41. The first-order chi connectivity index (χ1) is 11.3. The number of piperidine rings is 2. The van der Waals surface area contributed by atoms with Crippen molar-refractivity contribution in [3.8, 4) is 0 Å². The number of aliphatic hydroxyl groups excluding tert-OH is 1. The van der Waals surface area contributed by atoms with Crippen LogP contribution in [0.3, 0.4) is 0 Å². The molecule has 2 amide bonds. The lowest BCUT2D eigenvalue weighted by Crippen LogP contribution is -2.64. The summed E-state index contributed by atoms with van der Waals surface area (Å²) in [4.78, 5) is 28.0. The predicted molar refractivity (Wildman–Crippen MR) is 86.2 cm³/mol. The third-order valence-corrected chi connectivity index (χ3v) is 5.78. The molecule has 0 saturated carbocycles. The number of rotatable bonds is 1. The van der Waals surface area contributed by atoms with Gasteiger partial charge in [-0.25, -0.2) is 0 Å². The molecule has 3 rings (SSSR count). The van der Waals surface area contributed by atoms with E-state index in [-0.39, 0.29) is 17.2 Å². The van der Waals surface area contributed by atoms with Crippen LogP contribution in [0.1, 0.15) is 50.5 Å². The van der Waals surface area contributed by atoms with E-state index < -0.39 is 11.6 Å². The molecule has 132 valence electrons. The van der Waals surface area contributed by atoms with Crippen LogP contribution < -0.4 is 0 Å². The van der Waals surface area contributed by atoms with Gasteiger partial charge in [0.1, 0.15) is 6.26 Å². The standard InChI is InChI=1S/C17H25N3O4/c1-12(21)20-11-17(10-14(22)16(20,2)3)5-7-19(8-6-17)15(23)13-4-9-24-18-13/h4,9,14,22H,5-8,10-11H2,1-3H3/t14-/m0/s1. The molecule has 1 aromatic heterocycles. The first-order valence-electron chi connectivity index (χ1n) is 8.41. The van der Waals surface area contributed by atoms with Crippen LogP contribution in [0.2, 0.25) is 0 Å². The summed E-state index contributed by atoms with van der Waals surface area (Å²) in [6, 6.07) is 1.57. The second-order valence-corrected chi connectivity index (χ2v) is 7.66. The van der Waals surface area contributed by atoms with Crippen molar-refractivity contribution in [1.82, 2.24) is 15.0 Å². The molecule has 2 fully saturated rings. The third kappa shape index (κ3) is 2.81. The quantitative estimate of drug-likeness (QED) is 0.835. The average Bonchev–Trinajstić information content (AvgIpc) is 3.05. The number of aliphatic hydroxyl groups is 1. The van der Waals surface area contributed by atoms with E-state index >= 15 is 0 Å². The average molecular weight is 335 g/mol. The summed E-state index contributed by atoms with van der Waals surface area (Å²) in [7, 11) is 0. The monoisotopic (exact) mass is 335 g/mol. The van der Waals surface area contributed by atoms with Gasteiger partial charge in [0.15, 0.2) is 5.69 Å². The highest BCUT2D eigenvalue weighted by molar-refractivity contribution is 5.92. The van der Waals surface area contributed by atoms with Gasteiger partial charge < -0.3 is 19.4 Å². The van der Waals surface area contributed by atoms with Gasteiger partial charge in [0.05, 0.1) is 11.6 Å². The number of nitrogens with zero attached hydrogens (tertiary/aromatic N) is 3. The van der Waals surface area contributed by atoms with Crippen molar-refractivity contribution in [2.75, 3.05) is 19.6 Å². The Morgan fingerprint density at radius 2 is 2.00 bits per heavy atom. The molecule has 0 aromatic carbocycles. The van der Waals surface area contributed by atoms with Gasteiger partial charge in [0, 0.05) is 32.6 Å². The van der Waals surface area contributed by atoms with E-state index in [0.29, 0.717) is 31.7 Å². The van der Waals surface area contributed by atoms with Gasteiger partial charge >= 0.3 is 0 Å². The van der Waals surface area contributed by atoms with Crippen molar-refractivity contribution < 1.29 is 19.2 Å². The minimum atomic E-state index is -0.562. The summed E-state index contributed by atoms with van der Waals surface area (Å²) < 4.78 is 4.74. The Balaban J connectivity index is 1.71. The highest BCUT2D eigenvalue weighted by Gasteiger charge is 2.50. The summed E-state index contributed by atoms with van der Waals surface area (Å²) in [6.07, 6.45) is 3.03. The Bertz CT molecular complexity index is 618. The molecule has 2 aliphatic heterocycles. The van der Waals surface area contributed by atoms with Gasteiger partial charge in [-0.3, -0.25) is 9.59 Å². The van der Waals surface area contributed by atoms with Gasteiger partial charge in [-0.2, -0.15) is 0 Å². The van der Waals surface area contributed by atoms with Gasteiger partial charge in [-0.1, -0.05) is 5.16 Å². The van der Waals surface area contributed by atoms with E-state index in [9.17, 15) is 14.7 Å². The van der Waals surface area contributed by atoms with Crippen molar-refractivity contribution in [1.29, 1.82) is 0 Å². The second-order valence-electron chi connectivity index (χ2n) is 7.66. The molecular weight excluding hydrogens is 310 g/mol. The predicted octanol–water partition coefficient (Wildman–Crippen LogP) is 1.29. The number of likely N-dealkylation sites (tertiary alicyclic amines) is 2. The maximum absolute atomic E-state index is 12.4. The number of carbonyl (C=O) groups excluding carboxylic acids is 2. The molecule has 7 nitrogen and oxygen atoms in total. The fraction of sp³-hybridized carbons (Fsp3) is 0.706. The minimum absolute atomic E-state index is 0.0146. The molecule has 0 bridgehead atoms. The van der Waals surface area contributed by atoms with Crippen LogP contribution in [0.4, 0.5) is 0 Å². The zero-order valence-electron chi connectivity index (χ0n) is 14.5. The fourth-order valence-corrected chi connectivity index (χ4v) is 3.99. The normalized spacial score (nSPS) is 25.8. The smallest absolute Gasteiger partial charge is 0.276 e. The Morgan fingerprint density at radius 3 is 2.54 bits per heavy atom. The number of carbonyl (C=O) groups is 2. The van der Waals surface area contributed by atoms with Gasteiger partial charge in [-0.15, -0.1) is 0 Å². The van der Waals surface area contributed by atoms with Crippen molar-refractivity contribution in [3.05, 3.63) is 18.0 Å². The molecule has 1 atom stereocenters. The summed E-state index contributed by atoms with van der Waals surface area (Å²) in [5.41, 5.74) is -0.354. The molecule has 2 saturated heterocycles. The minimum Gasteiger partial charge on any atom is -0.391 e. The van der Waals surface area contributed by atoms with Crippen LogP contribution >= 0.6 is 0 Å². The molecule has 1 spiro atoms. The lowest BCUT2D eigenvalue weighted by atomic mass is 9.67. The largest absolute Gasteiger partial charge is 0.391 e. The summed E-state index contributed by atoms with van der Waals surface area (Å²) in [5, 5.41) is 14.3. The molecule has 7 heteroatoms. The second kappa shape index (κ2) is 5.88. The first kappa shape index (κ1) is 17.0. The van der Waals surface area contributed by atoms with Crippen LogP contribution in [0.25, 0.3) is 0 Å². The Kier molecular flexibility index (Phi) is 4.15. The summed E-state index contributed by atoms with van der Waals surface area (Å²) in [6.45, 7) is 7.22. The van der Waals surface area contributed by atoms with E-state index in [4.69, 9.17) is 4.52 Å². The van der Waals surface area contributed by atoms with Gasteiger partial charge in [0.2, 0.25) is 5.91 Å². The van der Waals surface area contributed by atoms with E-state index in [0.717, 1.165) is 12.8 Å². The van der Waals surface area contributed by atoms with Crippen LogP contribution in [-0.2, 0) is 4.79 Å². The highest BCUT2D eigenvalue weighted by Crippen LogP contribution is 2.45. The third-order valence-electron chi connectivity index (χ3n) is 5.78. The molecular formula is C17H25N3O4. The Morgan fingerprint density at radius 1 is 1.33 bits per heavy atom. The molecule has 3 heterocycles. The molecule has 0 radical (unpaired) electrons. The molecule has 2 aliphatic rings. The number of hydrogen-bond acceptors (Lipinski definition) is 5. The SMILES string of the molecule is CC(=O)N1CC2(CCN(C(=O)c3ccon3)CC2)C[C@H](O)C1(C)C. The van der Waals surface area contributed by atoms with E-state index in [2.05, 4.69) is 5.16 Å². The van der Waals surface area contributed by atoms with Gasteiger partial charge in [-0.05, 0) is 38.5 Å². The van der Waals surface area contributed by atoms with Crippen molar-refractivity contribution in [2.45, 2.75) is 51.7 Å². The number of aromatic nitrogens is 1. The topological polar surface area (TPSA) is 86.9 Å².